The molecule has 0 radical (unpaired) electrons. The summed E-state index contributed by atoms with van der Waals surface area (Å²) in [5, 5.41) is 0.282. The standard InChI is InChI=1S/C11H11ClO4/c1-7(11(14)15-2)16-10-5-3-4-9(12)8(10)6-13/h3-7H,1-2H3. The molecule has 1 atom stereocenters. The number of carbonyl (C=O) groups excluding carboxylic acids is 2. The van der Waals surface area contributed by atoms with E-state index in [0.717, 1.165) is 0 Å². The minimum atomic E-state index is -0.790. The maximum absolute atomic E-state index is 11.1. The zero-order chi connectivity index (χ0) is 12.1. The second-order valence-corrected chi connectivity index (χ2v) is 3.46. The predicted molar refractivity (Wildman–Crippen MR) is 58.9 cm³/mol. The van der Waals surface area contributed by atoms with Crippen molar-refractivity contribution in [3.8, 4) is 5.75 Å². The molecule has 1 rings (SSSR count). The molecule has 4 nitrogen and oxygen atoms in total. The van der Waals surface area contributed by atoms with Crippen molar-refractivity contribution < 1.29 is 19.1 Å². The molecule has 16 heavy (non-hydrogen) atoms. The van der Waals surface area contributed by atoms with Gasteiger partial charge in [-0.15, -0.1) is 0 Å². The van der Waals surface area contributed by atoms with Crippen LogP contribution in [-0.2, 0) is 9.53 Å². The van der Waals surface area contributed by atoms with E-state index < -0.39 is 12.1 Å². The highest BCUT2D eigenvalue weighted by Crippen LogP contribution is 2.25. The van der Waals surface area contributed by atoms with Crippen molar-refractivity contribution in [2.75, 3.05) is 7.11 Å². The summed E-state index contributed by atoms with van der Waals surface area (Å²) in [4.78, 5) is 21.9. The maximum Gasteiger partial charge on any atom is 0.346 e. The van der Waals surface area contributed by atoms with Gasteiger partial charge in [0.15, 0.2) is 12.4 Å². The second-order valence-electron chi connectivity index (χ2n) is 3.05. The summed E-state index contributed by atoms with van der Waals surface area (Å²) in [5.41, 5.74) is 0.222. The van der Waals surface area contributed by atoms with E-state index in [1.54, 1.807) is 18.2 Å². The molecule has 0 aliphatic carbocycles. The molecule has 1 unspecified atom stereocenters. The number of benzene rings is 1. The molecular formula is C11H11ClO4. The van der Waals surface area contributed by atoms with Crippen molar-refractivity contribution in [1.29, 1.82) is 0 Å². The van der Waals surface area contributed by atoms with E-state index in [1.165, 1.54) is 14.0 Å². The van der Waals surface area contributed by atoms with E-state index in [4.69, 9.17) is 16.3 Å². The van der Waals surface area contributed by atoms with Crippen molar-refractivity contribution in [2.45, 2.75) is 13.0 Å². The Balaban J connectivity index is 2.93. The van der Waals surface area contributed by atoms with Gasteiger partial charge < -0.3 is 9.47 Å². The Kier molecular flexibility index (Phi) is 4.31. The highest BCUT2D eigenvalue weighted by molar-refractivity contribution is 6.33. The highest BCUT2D eigenvalue weighted by atomic mass is 35.5. The van der Waals surface area contributed by atoms with Crippen LogP contribution < -0.4 is 4.74 Å². The number of hydrogen-bond acceptors (Lipinski definition) is 4. The van der Waals surface area contributed by atoms with E-state index in [0.29, 0.717) is 6.29 Å². The topological polar surface area (TPSA) is 52.6 Å². The van der Waals surface area contributed by atoms with Gasteiger partial charge in [0.05, 0.1) is 17.7 Å². The van der Waals surface area contributed by atoms with Gasteiger partial charge in [0.2, 0.25) is 0 Å². The number of rotatable bonds is 4. The fraction of sp³-hybridized carbons (Fsp3) is 0.273. The smallest absolute Gasteiger partial charge is 0.346 e. The van der Waals surface area contributed by atoms with Crippen LogP contribution in [0, 0.1) is 0 Å². The third kappa shape index (κ3) is 2.73. The minimum absolute atomic E-state index is 0.222. The number of carbonyl (C=O) groups is 2. The lowest BCUT2D eigenvalue weighted by atomic mass is 10.2. The lowest BCUT2D eigenvalue weighted by Gasteiger charge is -2.14. The average Bonchev–Trinajstić information content (AvgIpc) is 2.28. The maximum atomic E-state index is 11.1. The van der Waals surface area contributed by atoms with Gasteiger partial charge in [0, 0.05) is 0 Å². The Labute approximate surface area is 98.1 Å². The number of halogens is 1. The van der Waals surface area contributed by atoms with E-state index in [-0.39, 0.29) is 16.3 Å². The van der Waals surface area contributed by atoms with E-state index in [1.807, 2.05) is 0 Å². The molecule has 0 fully saturated rings. The van der Waals surface area contributed by atoms with Gasteiger partial charge in [0.25, 0.3) is 0 Å². The third-order valence-electron chi connectivity index (χ3n) is 1.97. The summed E-state index contributed by atoms with van der Waals surface area (Å²) in [5.74, 6) is -0.253. The molecule has 0 aliphatic heterocycles. The molecule has 5 heteroatoms. The molecule has 0 spiro atoms. The fourth-order valence-electron chi connectivity index (χ4n) is 1.14. The first-order valence-corrected chi connectivity index (χ1v) is 4.96. The average molecular weight is 243 g/mol. The van der Waals surface area contributed by atoms with Gasteiger partial charge in [-0.3, -0.25) is 4.79 Å². The molecule has 0 aromatic heterocycles. The van der Waals surface area contributed by atoms with E-state index >= 15 is 0 Å². The van der Waals surface area contributed by atoms with E-state index in [9.17, 15) is 9.59 Å². The minimum Gasteiger partial charge on any atom is -0.478 e. The van der Waals surface area contributed by atoms with Gasteiger partial charge in [-0.05, 0) is 19.1 Å². The van der Waals surface area contributed by atoms with Crippen molar-refractivity contribution in [2.24, 2.45) is 0 Å². The summed E-state index contributed by atoms with van der Waals surface area (Å²) >= 11 is 5.80. The Morgan fingerprint density at radius 1 is 1.50 bits per heavy atom. The number of aldehydes is 1. The van der Waals surface area contributed by atoms with Crippen molar-refractivity contribution in [3.63, 3.8) is 0 Å². The van der Waals surface area contributed by atoms with Crippen molar-refractivity contribution in [1.82, 2.24) is 0 Å². The number of esters is 1. The van der Waals surface area contributed by atoms with Crippen LogP contribution in [0.1, 0.15) is 17.3 Å². The van der Waals surface area contributed by atoms with Crippen molar-refractivity contribution >= 4 is 23.9 Å². The summed E-state index contributed by atoms with van der Waals surface area (Å²) in [6.45, 7) is 1.53. The van der Waals surface area contributed by atoms with Gasteiger partial charge in [-0.1, -0.05) is 17.7 Å². The van der Waals surface area contributed by atoms with Gasteiger partial charge in [0.1, 0.15) is 5.75 Å². The molecule has 0 aliphatic rings. The van der Waals surface area contributed by atoms with Crippen molar-refractivity contribution in [3.05, 3.63) is 28.8 Å². The third-order valence-corrected chi connectivity index (χ3v) is 2.30. The number of methoxy groups -OCH3 is 1. The fourth-order valence-corrected chi connectivity index (χ4v) is 1.35. The summed E-state index contributed by atoms with van der Waals surface area (Å²) < 4.78 is 9.78. The van der Waals surface area contributed by atoms with Gasteiger partial charge >= 0.3 is 5.97 Å². The molecule has 0 saturated carbocycles. The van der Waals surface area contributed by atoms with Crippen LogP contribution >= 0.6 is 11.6 Å². The zero-order valence-corrected chi connectivity index (χ0v) is 9.65. The first kappa shape index (κ1) is 12.5. The first-order chi connectivity index (χ1) is 7.60. The number of ether oxygens (including phenoxy) is 2. The SMILES string of the molecule is COC(=O)C(C)Oc1cccc(Cl)c1C=O. The Morgan fingerprint density at radius 3 is 2.75 bits per heavy atom. The molecule has 0 heterocycles. The molecule has 0 N–H and O–H groups in total. The first-order valence-electron chi connectivity index (χ1n) is 4.58. The largest absolute Gasteiger partial charge is 0.478 e. The summed E-state index contributed by atoms with van der Waals surface area (Å²) in [7, 11) is 1.26. The second kappa shape index (κ2) is 5.51. The van der Waals surface area contributed by atoms with Crippen LogP contribution in [0.15, 0.2) is 18.2 Å². The molecular weight excluding hydrogens is 232 g/mol. The quantitative estimate of drug-likeness (QED) is 0.599. The molecule has 0 amide bonds. The van der Waals surface area contributed by atoms with Crippen LogP contribution in [0.2, 0.25) is 5.02 Å². The Bertz CT molecular complexity index is 403. The molecule has 0 bridgehead atoms. The normalized spacial score (nSPS) is 11.7. The molecule has 1 aromatic rings. The summed E-state index contributed by atoms with van der Waals surface area (Å²) in [6.07, 6.45) is -0.205. The zero-order valence-electron chi connectivity index (χ0n) is 8.90. The Hall–Kier alpha value is -1.55. The van der Waals surface area contributed by atoms with Crippen LogP contribution in [-0.4, -0.2) is 25.5 Å². The molecule has 0 saturated heterocycles. The van der Waals surface area contributed by atoms with Crippen LogP contribution in [0.3, 0.4) is 0 Å². The highest BCUT2D eigenvalue weighted by Gasteiger charge is 2.17. The molecule has 86 valence electrons. The van der Waals surface area contributed by atoms with Crippen LogP contribution in [0.4, 0.5) is 0 Å². The van der Waals surface area contributed by atoms with Crippen LogP contribution in [0.5, 0.6) is 5.75 Å². The Morgan fingerprint density at radius 2 is 2.19 bits per heavy atom. The lowest BCUT2D eigenvalue weighted by Crippen LogP contribution is -2.25. The van der Waals surface area contributed by atoms with Gasteiger partial charge in [-0.25, -0.2) is 4.79 Å². The molecule has 1 aromatic carbocycles. The van der Waals surface area contributed by atoms with Gasteiger partial charge in [-0.2, -0.15) is 0 Å². The van der Waals surface area contributed by atoms with Crippen LogP contribution in [0.25, 0.3) is 0 Å². The number of hydrogen-bond donors (Lipinski definition) is 0. The predicted octanol–water partition coefficient (Wildman–Crippen LogP) is 2.09. The summed E-state index contributed by atoms with van der Waals surface area (Å²) in [6, 6.07) is 4.77. The lowest BCUT2D eigenvalue weighted by molar-refractivity contribution is -0.147. The monoisotopic (exact) mass is 242 g/mol. The van der Waals surface area contributed by atoms with E-state index in [2.05, 4.69) is 4.74 Å².